The molecular formula is C17H26O2. The zero-order chi connectivity index (χ0) is 13.9. The molecule has 0 heterocycles. The van der Waals surface area contributed by atoms with Crippen molar-refractivity contribution in [1.82, 2.24) is 0 Å². The van der Waals surface area contributed by atoms with E-state index >= 15 is 0 Å². The van der Waals surface area contributed by atoms with Gasteiger partial charge in [-0.3, -0.25) is 0 Å². The van der Waals surface area contributed by atoms with Crippen LogP contribution in [-0.2, 0) is 0 Å². The van der Waals surface area contributed by atoms with E-state index in [1.165, 1.54) is 18.4 Å². The van der Waals surface area contributed by atoms with Crippen LogP contribution >= 0.6 is 0 Å². The Kier molecular flexibility index (Phi) is 4.64. The maximum Gasteiger partial charge on any atom is 0.108 e. The van der Waals surface area contributed by atoms with Gasteiger partial charge in [-0.2, -0.15) is 0 Å². The van der Waals surface area contributed by atoms with Gasteiger partial charge in [0.05, 0.1) is 5.60 Å². The zero-order valence-corrected chi connectivity index (χ0v) is 12.1. The van der Waals surface area contributed by atoms with E-state index in [1.807, 2.05) is 12.1 Å². The van der Waals surface area contributed by atoms with Crippen LogP contribution in [0.3, 0.4) is 0 Å². The number of benzene rings is 1. The molecule has 0 aromatic heterocycles. The van der Waals surface area contributed by atoms with E-state index in [0.29, 0.717) is 18.8 Å². The lowest BCUT2D eigenvalue weighted by Gasteiger charge is -2.32. The van der Waals surface area contributed by atoms with Crippen LogP contribution in [0.25, 0.3) is 0 Å². The normalized spacial score (nSPS) is 21.1. The first-order valence-corrected chi connectivity index (χ1v) is 7.53. The van der Waals surface area contributed by atoms with E-state index in [4.69, 9.17) is 0 Å². The molecule has 106 valence electrons. The van der Waals surface area contributed by atoms with E-state index in [0.717, 1.165) is 18.4 Å². The molecule has 1 aliphatic rings. The van der Waals surface area contributed by atoms with Gasteiger partial charge >= 0.3 is 0 Å². The Labute approximate surface area is 116 Å². The molecule has 1 atom stereocenters. The summed E-state index contributed by atoms with van der Waals surface area (Å²) in [7, 11) is 0. The second-order valence-electron chi connectivity index (χ2n) is 6.24. The molecule has 1 fully saturated rings. The summed E-state index contributed by atoms with van der Waals surface area (Å²) in [4.78, 5) is 0. The maximum absolute atomic E-state index is 10.7. The van der Waals surface area contributed by atoms with Crippen molar-refractivity contribution in [3.63, 3.8) is 0 Å². The van der Waals surface area contributed by atoms with Crippen molar-refractivity contribution in [3.8, 4) is 0 Å². The summed E-state index contributed by atoms with van der Waals surface area (Å²) < 4.78 is 0. The monoisotopic (exact) mass is 262 g/mol. The lowest BCUT2D eigenvalue weighted by atomic mass is 9.84. The summed E-state index contributed by atoms with van der Waals surface area (Å²) in [6, 6.07) is 8.04. The molecule has 2 N–H and O–H groups in total. The zero-order valence-electron chi connectivity index (χ0n) is 12.1. The van der Waals surface area contributed by atoms with Crippen molar-refractivity contribution in [3.05, 3.63) is 35.4 Å². The van der Waals surface area contributed by atoms with Gasteiger partial charge in [0, 0.05) is 0 Å². The Balaban J connectivity index is 2.15. The summed E-state index contributed by atoms with van der Waals surface area (Å²) in [5.41, 5.74) is 1.17. The largest absolute Gasteiger partial charge is 0.387 e. The van der Waals surface area contributed by atoms with E-state index in [2.05, 4.69) is 26.0 Å². The van der Waals surface area contributed by atoms with Gasteiger partial charge in [0.15, 0.2) is 0 Å². The van der Waals surface area contributed by atoms with Crippen LogP contribution in [0.1, 0.15) is 75.5 Å². The van der Waals surface area contributed by atoms with Crippen molar-refractivity contribution in [2.45, 2.75) is 70.0 Å². The van der Waals surface area contributed by atoms with E-state index < -0.39 is 11.7 Å². The predicted octanol–water partition coefficient (Wildman–Crippen LogP) is 3.93. The van der Waals surface area contributed by atoms with Crippen LogP contribution in [0.4, 0.5) is 0 Å². The Morgan fingerprint density at radius 1 is 0.895 bits per heavy atom. The predicted molar refractivity (Wildman–Crippen MR) is 78.1 cm³/mol. The van der Waals surface area contributed by atoms with Gasteiger partial charge in [0.2, 0.25) is 0 Å². The SMILES string of the molecule is CC(C)c1ccc(C(O)C2(O)CCCCCC2)cc1. The van der Waals surface area contributed by atoms with Gasteiger partial charge in [-0.05, 0) is 29.9 Å². The van der Waals surface area contributed by atoms with E-state index in [9.17, 15) is 10.2 Å². The molecule has 0 radical (unpaired) electrons. The number of rotatable bonds is 3. The highest BCUT2D eigenvalue weighted by atomic mass is 16.3. The van der Waals surface area contributed by atoms with Gasteiger partial charge in [-0.25, -0.2) is 0 Å². The average Bonchev–Trinajstić information content (AvgIpc) is 2.64. The third kappa shape index (κ3) is 3.37. The fourth-order valence-corrected chi connectivity index (χ4v) is 2.99. The van der Waals surface area contributed by atoms with Gasteiger partial charge in [-0.1, -0.05) is 63.8 Å². The second-order valence-corrected chi connectivity index (χ2v) is 6.24. The van der Waals surface area contributed by atoms with Gasteiger partial charge < -0.3 is 10.2 Å². The summed E-state index contributed by atoms with van der Waals surface area (Å²) >= 11 is 0. The van der Waals surface area contributed by atoms with Crippen LogP contribution in [0.5, 0.6) is 0 Å². The lowest BCUT2D eigenvalue weighted by Crippen LogP contribution is -2.35. The fourth-order valence-electron chi connectivity index (χ4n) is 2.99. The fraction of sp³-hybridized carbons (Fsp3) is 0.647. The molecule has 19 heavy (non-hydrogen) atoms. The van der Waals surface area contributed by atoms with Crippen molar-refractivity contribution in [2.75, 3.05) is 0 Å². The van der Waals surface area contributed by atoms with E-state index in [1.54, 1.807) is 0 Å². The number of aliphatic hydroxyl groups excluding tert-OH is 1. The van der Waals surface area contributed by atoms with Crippen molar-refractivity contribution in [1.29, 1.82) is 0 Å². The molecule has 1 aliphatic carbocycles. The highest BCUT2D eigenvalue weighted by molar-refractivity contribution is 5.27. The molecule has 0 bridgehead atoms. The minimum atomic E-state index is -0.935. The van der Waals surface area contributed by atoms with Crippen LogP contribution < -0.4 is 0 Å². The molecule has 2 heteroatoms. The summed E-state index contributed by atoms with van der Waals surface area (Å²) in [5, 5.41) is 21.2. The van der Waals surface area contributed by atoms with Crippen molar-refractivity contribution >= 4 is 0 Å². The number of aliphatic hydroxyl groups is 2. The van der Waals surface area contributed by atoms with Crippen molar-refractivity contribution < 1.29 is 10.2 Å². The Bertz CT molecular complexity index is 386. The van der Waals surface area contributed by atoms with E-state index in [-0.39, 0.29) is 0 Å². The highest BCUT2D eigenvalue weighted by Crippen LogP contribution is 2.37. The first kappa shape index (κ1) is 14.5. The number of hydrogen-bond acceptors (Lipinski definition) is 2. The van der Waals surface area contributed by atoms with Crippen molar-refractivity contribution in [2.24, 2.45) is 0 Å². The highest BCUT2D eigenvalue weighted by Gasteiger charge is 2.36. The summed E-state index contributed by atoms with van der Waals surface area (Å²) in [5.74, 6) is 0.493. The minimum absolute atomic E-state index is 0.493. The molecule has 0 saturated heterocycles. The van der Waals surface area contributed by atoms with Crippen LogP contribution in [-0.4, -0.2) is 15.8 Å². The van der Waals surface area contributed by atoms with Crippen LogP contribution in [0, 0.1) is 0 Å². The van der Waals surface area contributed by atoms with Crippen LogP contribution in [0.15, 0.2) is 24.3 Å². The third-order valence-electron chi connectivity index (χ3n) is 4.40. The third-order valence-corrected chi connectivity index (χ3v) is 4.40. The molecule has 0 amide bonds. The standard InChI is InChI=1S/C17H26O2/c1-13(2)14-7-9-15(10-8-14)16(18)17(19)11-5-3-4-6-12-17/h7-10,13,16,18-19H,3-6,11-12H2,1-2H3. The molecule has 1 aromatic rings. The molecule has 2 nitrogen and oxygen atoms in total. The first-order valence-electron chi connectivity index (χ1n) is 7.53. The smallest absolute Gasteiger partial charge is 0.108 e. The lowest BCUT2D eigenvalue weighted by molar-refractivity contribution is -0.0867. The quantitative estimate of drug-likeness (QED) is 0.810. The summed E-state index contributed by atoms with van der Waals surface area (Å²) in [6.07, 6.45) is 5.02. The van der Waals surface area contributed by atoms with Crippen LogP contribution in [0.2, 0.25) is 0 Å². The average molecular weight is 262 g/mol. The minimum Gasteiger partial charge on any atom is -0.387 e. The number of hydrogen-bond donors (Lipinski definition) is 2. The van der Waals surface area contributed by atoms with Gasteiger partial charge in [0.1, 0.15) is 6.10 Å². The Morgan fingerprint density at radius 2 is 1.37 bits per heavy atom. The maximum atomic E-state index is 10.7. The molecule has 0 spiro atoms. The first-order chi connectivity index (χ1) is 9.03. The summed E-state index contributed by atoms with van der Waals surface area (Å²) in [6.45, 7) is 4.31. The molecule has 1 saturated carbocycles. The molecule has 2 rings (SSSR count). The molecule has 1 aromatic carbocycles. The Morgan fingerprint density at radius 3 is 1.84 bits per heavy atom. The molecule has 0 aliphatic heterocycles. The van der Waals surface area contributed by atoms with Gasteiger partial charge in [-0.15, -0.1) is 0 Å². The van der Waals surface area contributed by atoms with Gasteiger partial charge in [0.25, 0.3) is 0 Å². The topological polar surface area (TPSA) is 40.5 Å². The molecular weight excluding hydrogens is 236 g/mol. The Hall–Kier alpha value is -0.860. The molecule has 1 unspecified atom stereocenters. The second kappa shape index (κ2) is 6.06.